The first-order valence-corrected chi connectivity index (χ1v) is 8.31. The molecule has 0 N–H and O–H groups in total. The van der Waals surface area contributed by atoms with Crippen molar-refractivity contribution in [3.63, 3.8) is 0 Å². The lowest BCUT2D eigenvalue weighted by Crippen LogP contribution is -2.15. The third-order valence-corrected chi connectivity index (χ3v) is 4.51. The van der Waals surface area contributed by atoms with Gasteiger partial charge >= 0.3 is 0 Å². The zero-order chi connectivity index (χ0) is 15.8. The summed E-state index contributed by atoms with van der Waals surface area (Å²) in [6.45, 7) is 4.25. The third kappa shape index (κ3) is 2.58. The Labute approximate surface area is 136 Å². The molecule has 0 unspecified atom stereocenters. The summed E-state index contributed by atoms with van der Waals surface area (Å²) in [6.07, 6.45) is 5.54. The van der Waals surface area contributed by atoms with Crippen molar-refractivity contribution >= 4 is 5.65 Å². The number of aryl methyl sites for hydroxylation is 1. The van der Waals surface area contributed by atoms with E-state index in [1.807, 2.05) is 22.7 Å². The number of ether oxygens (including phenoxy) is 1. The fraction of sp³-hybridized carbons (Fsp3) is 0.368. The zero-order valence-corrected chi connectivity index (χ0v) is 13.6. The van der Waals surface area contributed by atoms with Crippen LogP contribution < -0.4 is 4.74 Å². The topological polar surface area (TPSA) is 39.4 Å². The maximum Gasteiger partial charge on any atom is 0.161 e. The van der Waals surface area contributed by atoms with E-state index in [4.69, 9.17) is 4.74 Å². The lowest BCUT2D eigenvalue weighted by Gasteiger charge is -2.26. The summed E-state index contributed by atoms with van der Waals surface area (Å²) in [5, 5.41) is 8.50. The molecule has 23 heavy (non-hydrogen) atoms. The van der Waals surface area contributed by atoms with Crippen molar-refractivity contribution in [1.82, 2.24) is 14.6 Å². The maximum atomic E-state index is 6.32. The van der Waals surface area contributed by atoms with Gasteiger partial charge in [0.1, 0.15) is 17.7 Å². The fourth-order valence-corrected chi connectivity index (χ4v) is 3.35. The van der Waals surface area contributed by atoms with E-state index in [0.717, 1.165) is 30.1 Å². The molecule has 1 atom stereocenters. The molecule has 0 aliphatic heterocycles. The molecule has 3 aromatic rings. The number of rotatable bonds is 3. The van der Waals surface area contributed by atoms with Crippen molar-refractivity contribution in [1.29, 1.82) is 0 Å². The Morgan fingerprint density at radius 1 is 1.13 bits per heavy atom. The van der Waals surface area contributed by atoms with E-state index in [0.29, 0.717) is 5.92 Å². The minimum atomic E-state index is 0.136. The van der Waals surface area contributed by atoms with Gasteiger partial charge in [0.25, 0.3) is 0 Å². The first-order chi connectivity index (χ1) is 11.2. The Kier molecular flexibility index (Phi) is 3.52. The predicted molar refractivity (Wildman–Crippen MR) is 89.8 cm³/mol. The largest absolute Gasteiger partial charge is 0.484 e. The van der Waals surface area contributed by atoms with Gasteiger partial charge in [0.05, 0.1) is 6.20 Å². The summed E-state index contributed by atoms with van der Waals surface area (Å²) in [5.41, 5.74) is 3.61. The van der Waals surface area contributed by atoms with Gasteiger partial charge in [-0.1, -0.05) is 38.1 Å². The van der Waals surface area contributed by atoms with Crippen LogP contribution in [0.2, 0.25) is 0 Å². The molecule has 0 amide bonds. The van der Waals surface area contributed by atoms with E-state index < -0.39 is 0 Å². The third-order valence-electron chi connectivity index (χ3n) is 4.51. The lowest BCUT2D eigenvalue weighted by atomic mass is 9.89. The summed E-state index contributed by atoms with van der Waals surface area (Å²) >= 11 is 0. The Hall–Kier alpha value is -2.36. The quantitative estimate of drug-likeness (QED) is 0.724. The van der Waals surface area contributed by atoms with Crippen LogP contribution in [-0.4, -0.2) is 14.6 Å². The molecule has 1 aromatic carbocycles. The van der Waals surface area contributed by atoms with E-state index in [9.17, 15) is 0 Å². The van der Waals surface area contributed by atoms with Crippen LogP contribution >= 0.6 is 0 Å². The maximum absolute atomic E-state index is 6.32. The molecule has 0 saturated carbocycles. The van der Waals surface area contributed by atoms with Crippen LogP contribution in [0.5, 0.6) is 5.75 Å². The molecule has 2 heterocycles. The number of benzene rings is 1. The van der Waals surface area contributed by atoms with E-state index in [2.05, 4.69) is 48.3 Å². The Morgan fingerprint density at radius 3 is 2.87 bits per heavy atom. The fourth-order valence-electron chi connectivity index (χ4n) is 3.35. The summed E-state index contributed by atoms with van der Waals surface area (Å²) in [6, 6.07) is 12.6. The second kappa shape index (κ2) is 5.69. The average Bonchev–Trinajstić information content (AvgIpc) is 2.99. The molecule has 0 radical (unpaired) electrons. The summed E-state index contributed by atoms with van der Waals surface area (Å²) in [7, 11) is 0. The van der Waals surface area contributed by atoms with Crippen LogP contribution in [0.3, 0.4) is 0 Å². The smallest absolute Gasteiger partial charge is 0.161 e. The summed E-state index contributed by atoms with van der Waals surface area (Å²) in [5.74, 6) is 2.17. The molecule has 0 fully saturated rings. The highest BCUT2D eigenvalue weighted by Crippen LogP contribution is 2.33. The average molecular weight is 307 g/mol. The van der Waals surface area contributed by atoms with Gasteiger partial charge in [0.15, 0.2) is 5.65 Å². The molecule has 4 rings (SSSR count). The molecule has 0 saturated heterocycles. The van der Waals surface area contributed by atoms with Gasteiger partial charge in [-0.3, -0.25) is 4.40 Å². The van der Waals surface area contributed by atoms with Crippen molar-refractivity contribution in [3.8, 4) is 5.75 Å². The standard InChI is InChI=1S/C19H21N3O/c1-13(2)19-21-20-18-11-10-15(12-22(18)19)23-17-9-5-7-14-6-3-4-8-16(14)17/h3-4,6,8,10-13,17H,5,7,9H2,1-2H3/t17-/m0/s1. The summed E-state index contributed by atoms with van der Waals surface area (Å²) < 4.78 is 8.35. The van der Waals surface area contributed by atoms with Crippen LogP contribution in [-0.2, 0) is 6.42 Å². The van der Waals surface area contributed by atoms with Gasteiger partial charge in [-0.25, -0.2) is 0 Å². The monoisotopic (exact) mass is 307 g/mol. The predicted octanol–water partition coefficient (Wildman–Crippen LogP) is 4.31. The Bertz CT molecular complexity index is 838. The number of fused-ring (bicyclic) bond motifs is 2. The van der Waals surface area contributed by atoms with E-state index in [1.165, 1.54) is 17.5 Å². The van der Waals surface area contributed by atoms with E-state index >= 15 is 0 Å². The van der Waals surface area contributed by atoms with Gasteiger partial charge in [-0.2, -0.15) is 0 Å². The van der Waals surface area contributed by atoms with Gasteiger partial charge in [-0.15, -0.1) is 10.2 Å². The molecule has 1 aliphatic rings. The highest BCUT2D eigenvalue weighted by Gasteiger charge is 2.21. The highest BCUT2D eigenvalue weighted by molar-refractivity contribution is 5.42. The minimum absolute atomic E-state index is 0.136. The second-order valence-electron chi connectivity index (χ2n) is 6.50. The minimum Gasteiger partial charge on any atom is -0.484 e. The van der Waals surface area contributed by atoms with Gasteiger partial charge in [0.2, 0.25) is 0 Å². The molecule has 2 aromatic heterocycles. The van der Waals surface area contributed by atoms with Crippen LogP contribution in [0, 0.1) is 0 Å². The van der Waals surface area contributed by atoms with Crippen molar-refractivity contribution in [3.05, 3.63) is 59.5 Å². The molecule has 0 bridgehead atoms. The van der Waals surface area contributed by atoms with Gasteiger partial charge in [0, 0.05) is 5.92 Å². The zero-order valence-electron chi connectivity index (χ0n) is 13.6. The SMILES string of the molecule is CC(C)c1nnc2ccc(O[C@H]3CCCc4ccccc43)cn12. The molecule has 118 valence electrons. The van der Waals surface area contributed by atoms with Gasteiger partial charge < -0.3 is 4.74 Å². The number of pyridine rings is 1. The highest BCUT2D eigenvalue weighted by atomic mass is 16.5. The molecular formula is C19H21N3O. The first-order valence-electron chi connectivity index (χ1n) is 8.31. The van der Waals surface area contributed by atoms with Crippen molar-refractivity contribution in [2.45, 2.75) is 45.1 Å². The van der Waals surface area contributed by atoms with Crippen LogP contribution in [0.1, 0.15) is 55.7 Å². The molecule has 1 aliphatic carbocycles. The van der Waals surface area contributed by atoms with E-state index in [1.54, 1.807) is 0 Å². The molecule has 0 spiro atoms. The second-order valence-corrected chi connectivity index (χ2v) is 6.50. The lowest BCUT2D eigenvalue weighted by molar-refractivity contribution is 0.182. The number of hydrogen-bond acceptors (Lipinski definition) is 3. The van der Waals surface area contributed by atoms with Crippen LogP contribution in [0.25, 0.3) is 5.65 Å². The molecular weight excluding hydrogens is 286 g/mol. The van der Waals surface area contributed by atoms with Crippen molar-refractivity contribution in [2.75, 3.05) is 0 Å². The first kappa shape index (κ1) is 14.2. The summed E-state index contributed by atoms with van der Waals surface area (Å²) in [4.78, 5) is 0. The number of nitrogens with zero attached hydrogens (tertiary/aromatic N) is 3. The van der Waals surface area contributed by atoms with Crippen molar-refractivity contribution < 1.29 is 4.74 Å². The Balaban J connectivity index is 1.67. The Morgan fingerprint density at radius 2 is 2.00 bits per heavy atom. The van der Waals surface area contributed by atoms with Crippen LogP contribution in [0.15, 0.2) is 42.6 Å². The normalized spacial score (nSPS) is 17.4. The van der Waals surface area contributed by atoms with Gasteiger partial charge in [-0.05, 0) is 42.5 Å². The molecule has 4 nitrogen and oxygen atoms in total. The number of hydrogen-bond donors (Lipinski definition) is 0. The number of aromatic nitrogens is 3. The van der Waals surface area contributed by atoms with Crippen molar-refractivity contribution in [2.24, 2.45) is 0 Å². The molecule has 4 heteroatoms. The van der Waals surface area contributed by atoms with Crippen LogP contribution in [0.4, 0.5) is 0 Å². The van der Waals surface area contributed by atoms with E-state index in [-0.39, 0.29) is 6.10 Å².